The zero-order valence-corrected chi connectivity index (χ0v) is 8.28. The topological polar surface area (TPSA) is 50.1 Å². The van der Waals surface area contributed by atoms with E-state index in [0.717, 1.165) is 5.56 Å². The Morgan fingerprint density at radius 2 is 1.93 bits per heavy atom. The van der Waals surface area contributed by atoms with Crippen molar-refractivity contribution in [1.29, 1.82) is 5.26 Å². The normalized spacial score (nSPS) is 8.27. The van der Waals surface area contributed by atoms with E-state index in [1.807, 2.05) is 6.07 Å². The summed E-state index contributed by atoms with van der Waals surface area (Å²) in [5.74, 6) is 5.13. The maximum atomic E-state index is 10.7. The minimum atomic E-state index is -0.351. The Labute approximate surface area is 88.3 Å². The van der Waals surface area contributed by atoms with Gasteiger partial charge in [0.05, 0.1) is 18.7 Å². The molecule has 1 aromatic carbocycles. The van der Waals surface area contributed by atoms with E-state index < -0.39 is 0 Å². The van der Waals surface area contributed by atoms with Crippen molar-refractivity contribution in [3.8, 4) is 17.9 Å². The van der Waals surface area contributed by atoms with Crippen LogP contribution in [0, 0.1) is 23.2 Å². The molecule has 0 saturated carbocycles. The van der Waals surface area contributed by atoms with Crippen LogP contribution in [0.2, 0.25) is 0 Å². The molecule has 0 atom stereocenters. The highest BCUT2D eigenvalue weighted by atomic mass is 16.5. The van der Waals surface area contributed by atoms with Gasteiger partial charge in [-0.1, -0.05) is 11.8 Å². The lowest BCUT2D eigenvalue weighted by atomic mass is 10.1. The van der Waals surface area contributed by atoms with Gasteiger partial charge in [0, 0.05) is 5.56 Å². The number of carbonyl (C=O) groups excluding carboxylic acids is 1. The zero-order chi connectivity index (χ0) is 11.1. The van der Waals surface area contributed by atoms with E-state index in [-0.39, 0.29) is 12.4 Å². The molecule has 0 radical (unpaired) electrons. The highest BCUT2D eigenvalue weighted by molar-refractivity contribution is 5.72. The molecule has 0 aliphatic rings. The highest BCUT2D eigenvalue weighted by Gasteiger charge is 1.93. The lowest BCUT2D eigenvalue weighted by Crippen LogP contribution is -1.96. The summed E-state index contributed by atoms with van der Waals surface area (Å²) >= 11 is 0. The highest BCUT2D eigenvalue weighted by Crippen LogP contribution is 2.01. The Bertz CT molecular complexity index is 443. The Morgan fingerprint density at radius 3 is 2.47 bits per heavy atom. The number of nitrogens with zero attached hydrogens (tertiary/aromatic N) is 1. The predicted molar refractivity (Wildman–Crippen MR) is 54.7 cm³/mol. The smallest absolute Gasteiger partial charge is 0.317 e. The average molecular weight is 199 g/mol. The Morgan fingerprint density at radius 1 is 1.33 bits per heavy atom. The summed E-state index contributed by atoms with van der Waals surface area (Å²) in [6, 6.07) is 8.86. The van der Waals surface area contributed by atoms with Crippen molar-refractivity contribution in [2.75, 3.05) is 7.11 Å². The largest absolute Gasteiger partial charge is 0.468 e. The van der Waals surface area contributed by atoms with E-state index in [0.29, 0.717) is 5.56 Å². The van der Waals surface area contributed by atoms with Gasteiger partial charge < -0.3 is 4.74 Å². The van der Waals surface area contributed by atoms with Gasteiger partial charge in [0.25, 0.3) is 0 Å². The quantitative estimate of drug-likeness (QED) is 0.508. The second-order valence-corrected chi connectivity index (χ2v) is 2.74. The van der Waals surface area contributed by atoms with Crippen LogP contribution in [0.3, 0.4) is 0 Å². The van der Waals surface area contributed by atoms with E-state index in [1.54, 1.807) is 24.3 Å². The van der Waals surface area contributed by atoms with Crippen molar-refractivity contribution < 1.29 is 9.53 Å². The van der Waals surface area contributed by atoms with Crippen molar-refractivity contribution in [2.24, 2.45) is 0 Å². The molecule has 0 aliphatic heterocycles. The molecule has 1 aromatic rings. The van der Waals surface area contributed by atoms with Gasteiger partial charge in [0.1, 0.15) is 6.42 Å². The molecule has 0 saturated heterocycles. The van der Waals surface area contributed by atoms with E-state index in [2.05, 4.69) is 16.6 Å². The minimum absolute atomic E-state index is 0.0799. The number of methoxy groups -OCH3 is 1. The Hall–Kier alpha value is -2.26. The summed E-state index contributed by atoms with van der Waals surface area (Å²) in [6.45, 7) is 0. The maximum absolute atomic E-state index is 10.7. The fourth-order valence-corrected chi connectivity index (χ4v) is 0.919. The van der Waals surface area contributed by atoms with Crippen molar-refractivity contribution in [3.63, 3.8) is 0 Å². The molecule has 0 bridgehead atoms. The second-order valence-electron chi connectivity index (χ2n) is 2.74. The molecule has 0 aromatic heterocycles. The summed E-state index contributed by atoms with van der Waals surface area (Å²) < 4.78 is 4.44. The van der Waals surface area contributed by atoms with Gasteiger partial charge in [-0.05, 0) is 24.3 Å². The fraction of sp³-hybridized carbons (Fsp3) is 0.167. The molecule has 0 fully saturated rings. The van der Waals surface area contributed by atoms with Gasteiger partial charge in [-0.25, -0.2) is 0 Å². The predicted octanol–water partition coefficient (Wildman–Crippen LogP) is 1.47. The van der Waals surface area contributed by atoms with Gasteiger partial charge in [-0.2, -0.15) is 5.26 Å². The summed E-state index contributed by atoms with van der Waals surface area (Å²) in [5, 5.41) is 8.56. The third-order valence-corrected chi connectivity index (χ3v) is 1.71. The molecule has 0 heterocycles. The Balaban J connectivity index is 2.65. The molecule has 3 heteroatoms. The van der Waals surface area contributed by atoms with Gasteiger partial charge in [-0.15, -0.1) is 0 Å². The third kappa shape index (κ3) is 3.54. The van der Waals surface area contributed by atoms with Gasteiger partial charge in [-0.3, -0.25) is 4.79 Å². The van der Waals surface area contributed by atoms with Crippen LogP contribution in [-0.2, 0) is 9.53 Å². The summed E-state index contributed by atoms with van der Waals surface area (Å²) in [4.78, 5) is 10.7. The average Bonchev–Trinajstić information content (AvgIpc) is 2.29. The number of rotatable bonds is 1. The first kappa shape index (κ1) is 10.8. The summed E-state index contributed by atoms with van der Waals surface area (Å²) in [6.07, 6.45) is 0.0799. The van der Waals surface area contributed by atoms with Crippen LogP contribution in [0.15, 0.2) is 24.3 Å². The third-order valence-electron chi connectivity index (χ3n) is 1.71. The molecule has 0 spiro atoms. The number of esters is 1. The molecule has 0 N–H and O–H groups in total. The van der Waals surface area contributed by atoms with E-state index in [1.165, 1.54) is 7.11 Å². The van der Waals surface area contributed by atoms with Gasteiger partial charge in [0.15, 0.2) is 0 Å². The van der Waals surface area contributed by atoms with Crippen LogP contribution in [0.25, 0.3) is 0 Å². The van der Waals surface area contributed by atoms with Crippen molar-refractivity contribution in [1.82, 2.24) is 0 Å². The van der Waals surface area contributed by atoms with Gasteiger partial charge >= 0.3 is 5.97 Å². The van der Waals surface area contributed by atoms with Crippen LogP contribution < -0.4 is 0 Å². The standard InChI is InChI=1S/C12H9NO2/c1-15-12(14)4-2-3-10-5-7-11(9-13)8-6-10/h5-8H,4H2,1H3. The molecule has 0 amide bonds. The molecule has 0 unspecified atom stereocenters. The minimum Gasteiger partial charge on any atom is -0.468 e. The molecule has 74 valence electrons. The first-order valence-corrected chi connectivity index (χ1v) is 4.32. The number of benzene rings is 1. The number of ether oxygens (including phenoxy) is 1. The Kier molecular flexibility index (Phi) is 3.94. The number of carbonyl (C=O) groups is 1. The summed E-state index contributed by atoms with van der Waals surface area (Å²) in [5.41, 5.74) is 1.37. The molecular formula is C12H9NO2. The molecule has 15 heavy (non-hydrogen) atoms. The van der Waals surface area contributed by atoms with Crippen LogP contribution in [0.1, 0.15) is 17.5 Å². The van der Waals surface area contributed by atoms with Crippen molar-refractivity contribution in [3.05, 3.63) is 35.4 Å². The van der Waals surface area contributed by atoms with Crippen LogP contribution in [0.5, 0.6) is 0 Å². The molecular weight excluding hydrogens is 190 g/mol. The first-order valence-electron chi connectivity index (χ1n) is 4.32. The van der Waals surface area contributed by atoms with Crippen molar-refractivity contribution in [2.45, 2.75) is 6.42 Å². The summed E-state index contributed by atoms with van der Waals surface area (Å²) in [7, 11) is 1.33. The number of nitriles is 1. The van der Waals surface area contributed by atoms with E-state index in [9.17, 15) is 4.79 Å². The van der Waals surface area contributed by atoms with E-state index >= 15 is 0 Å². The van der Waals surface area contributed by atoms with Gasteiger partial charge in [0.2, 0.25) is 0 Å². The van der Waals surface area contributed by atoms with E-state index in [4.69, 9.17) is 5.26 Å². The maximum Gasteiger partial charge on any atom is 0.317 e. The van der Waals surface area contributed by atoms with Crippen LogP contribution in [0.4, 0.5) is 0 Å². The monoisotopic (exact) mass is 199 g/mol. The SMILES string of the molecule is COC(=O)CC#Cc1ccc(C#N)cc1. The second kappa shape index (κ2) is 5.47. The van der Waals surface area contributed by atoms with Crippen molar-refractivity contribution >= 4 is 5.97 Å². The first-order chi connectivity index (χ1) is 7.26. The lowest BCUT2D eigenvalue weighted by molar-refractivity contribution is -0.139. The number of hydrogen-bond acceptors (Lipinski definition) is 3. The lowest BCUT2D eigenvalue weighted by Gasteiger charge is -1.91. The van der Waals surface area contributed by atoms with Crippen LogP contribution in [-0.4, -0.2) is 13.1 Å². The fourth-order valence-electron chi connectivity index (χ4n) is 0.919. The molecule has 0 aliphatic carbocycles. The molecule has 3 nitrogen and oxygen atoms in total. The zero-order valence-electron chi connectivity index (χ0n) is 8.28. The number of hydrogen-bond donors (Lipinski definition) is 0. The van der Waals surface area contributed by atoms with Crippen LogP contribution >= 0.6 is 0 Å². The molecule has 1 rings (SSSR count).